The van der Waals surface area contributed by atoms with Gasteiger partial charge in [0.1, 0.15) is 6.33 Å². The highest BCUT2D eigenvalue weighted by molar-refractivity contribution is 6.40. The summed E-state index contributed by atoms with van der Waals surface area (Å²) in [4.78, 5) is 35.6. The van der Waals surface area contributed by atoms with E-state index in [0.717, 1.165) is 19.3 Å². The molecule has 1 aromatic rings. The monoisotopic (exact) mass is 318 g/mol. The van der Waals surface area contributed by atoms with Crippen molar-refractivity contribution in [3.8, 4) is 0 Å². The number of aryl methyl sites for hydroxylation is 1. The van der Waals surface area contributed by atoms with Gasteiger partial charge in [-0.15, -0.1) is 5.10 Å². The average Bonchev–Trinajstić information content (AvgIpc) is 3.16. The van der Waals surface area contributed by atoms with E-state index in [1.807, 2.05) is 0 Å². The molecule has 3 aliphatic rings. The van der Waals surface area contributed by atoms with E-state index in [4.69, 9.17) is 4.84 Å². The SMILES string of the molecule is Cn1cnc(C(=O)N2C[C@@H]3C(C(=O)NC4CCC4)=NO[C@@H]3C2)n1. The number of nitrogens with one attached hydrogen (secondary N) is 1. The molecule has 1 saturated carbocycles. The van der Waals surface area contributed by atoms with Gasteiger partial charge in [0, 0.05) is 19.6 Å². The predicted octanol–water partition coefficient (Wildman–Crippen LogP) is -0.689. The highest BCUT2D eigenvalue weighted by Gasteiger charge is 2.47. The quantitative estimate of drug-likeness (QED) is 0.795. The first-order chi connectivity index (χ1) is 11.1. The zero-order chi connectivity index (χ0) is 16.0. The molecular weight excluding hydrogens is 300 g/mol. The zero-order valence-electron chi connectivity index (χ0n) is 12.8. The number of likely N-dealkylation sites (tertiary alicyclic amines) is 1. The lowest BCUT2D eigenvalue weighted by atomic mass is 9.92. The molecule has 1 saturated heterocycles. The zero-order valence-corrected chi connectivity index (χ0v) is 12.8. The van der Waals surface area contributed by atoms with Crippen LogP contribution in [0.5, 0.6) is 0 Å². The van der Waals surface area contributed by atoms with Gasteiger partial charge in [0.25, 0.3) is 11.8 Å². The molecular formula is C14H18N6O3. The second-order valence-corrected chi connectivity index (χ2v) is 6.28. The Labute approximate surface area is 132 Å². The Morgan fingerprint density at radius 2 is 2.17 bits per heavy atom. The van der Waals surface area contributed by atoms with Gasteiger partial charge in [-0.2, -0.15) is 0 Å². The van der Waals surface area contributed by atoms with Crippen LogP contribution in [0.4, 0.5) is 0 Å². The first kappa shape index (κ1) is 14.2. The number of carbonyl (C=O) groups excluding carboxylic acids is 2. The number of amides is 2. The Hall–Kier alpha value is -2.45. The maximum atomic E-state index is 12.4. The van der Waals surface area contributed by atoms with Gasteiger partial charge in [-0.1, -0.05) is 5.16 Å². The molecule has 4 rings (SSSR count). The summed E-state index contributed by atoms with van der Waals surface area (Å²) in [6, 6.07) is 0.251. The summed E-state index contributed by atoms with van der Waals surface area (Å²) < 4.78 is 1.49. The van der Waals surface area contributed by atoms with Gasteiger partial charge in [0.15, 0.2) is 11.8 Å². The van der Waals surface area contributed by atoms with Crippen LogP contribution >= 0.6 is 0 Å². The first-order valence-electron chi connectivity index (χ1n) is 7.81. The Morgan fingerprint density at radius 3 is 2.83 bits per heavy atom. The van der Waals surface area contributed by atoms with Gasteiger partial charge in [0.05, 0.1) is 12.5 Å². The minimum absolute atomic E-state index is 0.157. The van der Waals surface area contributed by atoms with E-state index in [-0.39, 0.29) is 35.7 Å². The molecule has 0 bridgehead atoms. The molecule has 0 radical (unpaired) electrons. The molecule has 1 aromatic heterocycles. The Kier molecular flexibility index (Phi) is 3.28. The van der Waals surface area contributed by atoms with E-state index in [0.29, 0.717) is 18.8 Å². The van der Waals surface area contributed by atoms with Crippen molar-refractivity contribution in [3.63, 3.8) is 0 Å². The summed E-state index contributed by atoms with van der Waals surface area (Å²) >= 11 is 0. The summed E-state index contributed by atoms with van der Waals surface area (Å²) in [5.41, 5.74) is 0.395. The lowest BCUT2D eigenvalue weighted by Crippen LogP contribution is -2.45. The standard InChI is InChI=1S/C14H18N6O3/c1-19-7-15-12(17-19)14(22)20-5-9-10(6-20)23-18-11(9)13(21)16-8-3-2-4-8/h7-10H,2-6H2,1H3,(H,16,21)/t9-,10+/m0/s1. The molecule has 1 aliphatic carbocycles. The molecule has 1 N–H and O–H groups in total. The lowest BCUT2D eigenvalue weighted by molar-refractivity contribution is -0.116. The number of oxime groups is 1. The number of aromatic nitrogens is 3. The van der Waals surface area contributed by atoms with E-state index in [1.54, 1.807) is 11.9 Å². The van der Waals surface area contributed by atoms with Crippen LogP contribution in [0.15, 0.2) is 11.5 Å². The van der Waals surface area contributed by atoms with Gasteiger partial charge < -0.3 is 15.1 Å². The van der Waals surface area contributed by atoms with Crippen LogP contribution < -0.4 is 5.32 Å². The van der Waals surface area contributed by atoms with Crippen LogP contribution in [0.3, 0.4) is 0 Å². The largest absolute Gasteiger partial charge is 0.389 e. The van der Waals surface area contributed by atoms with Crippen molar-refractivity contribution >= 4 is 17.5 Å². The fourth-order valence-corrected chi connectivity index (χ4v) is 3.10. The number of rotatable bonds is 3. The average molecular weight is 318 g/mol. The molecule has 9 nitrogen and oxygen atoms in total. The van der Waals surface area contributed by atoms with Crippen molar-refractivity contribution in [1.29, 1.82) is 0 Å². The fraction of sp³-hybridized carbons (Fsp3) is 0.643. The van der Waals surface area contributed by atoms with E-state index in [2.05, 4.69) is 20.6 Å². The van der Waals surface area contributed by atoms with Gasteiger partial charge in [0.2, 0.25) is 5.82 Å². The minimum atomic E-state index is -0.259. The predicted molar refractivity (Wildman–Crippen MR) is 78.5 cm³/mol. The minimum Gasteiger partial charge on any atom is -0.389 e. The summed E-state index contributed by atoms with van der Waals surface area (Å²) in [5.74, 6) is -0.442. The van der Waals surface area contributed by atoms with Crippen LogP contribution in [0.2, 0.25) is 0 Å². The lowest BCUT2D eigenvalue weighted by Gasteiger charge is -2.26. The van der Waals surface area contributed by atoms with Gasteiger partial charge in [-0.25, -0.2) is 4.98 Å². The molecule has 2 fully saturated rings. The van der Waals surface area contributed by atoms with Gasteiger partial charge >= 0.3 is 0 Å². The number of carbonyl (C=O) groups is 2. The van der Waals surface area contributed by atoms with Crippen LogP contribution in [0.1, 0.15) is 29.9 Å². The van der Waals surface area contributed by atoms with Crippen molar-refractivity contribution in [2.75, 3.05) is 13.1 Å². The smallest absolute Gasteiger partial charge is 0.293 e. The van der Waals surface area contributed by atoms with Gasteiger partial charge in [-0.3, -0.25) is 14.3 Å². The molecule has 2 amide bonds. The molecule has 9 heteroatoms. The molecule has 2 aliphatic heterocycles. The van der Waals surface area contributed by atoms with Gasteiger partial charge in [-0.05, 0) is 19.3 Å². The van der Waals surface area contributed by atoms with Crippen LogP contribution in [-0.2, 0) is 16.7 Å². The Bertz CT molecular complexity index is 680. The second-order valence-electron chi connectivity index (χ2n) is 6.28. The molecule has 23 heavy (non-hydrogen) atoms. The third-order valence-corrected chi connectivity index (χ3v) is 4.65. The maximum absolute atomic E-state index is 12.4. The van der Waals surface area contributed by atoms with Crippen LogP contribution in [-0.4, -0.2) is 62.4 Å². The summed E-state index contributed by atoms with van der Waals surface area (Å²) in [7, 11) is 1.71. The van der Waals surface area contributed by atoms with E-state index < -0.39 is 0 Å². The molecule has 3 heterocycles. The Balaban J connectivity index is 1.42. The normalized spacial score (nSPS) is 26.3. The topological polar surface area (TPSA) is 102 Å². The number of fused-ring (bicyclic) bond motifs is 1. The maximum Gasteiger partial charge on any atom is 0.293 e. The fourth-order valence-electron chi connectivity index (χ4n) is 3.10. The summed E-state index contributed by atoms with van der Waals surface area (Å²) in [6.45, 7) is 0.796. The second kappa shape index (κ2) is 5.32. The van der Waals surface area contributed by atoms with Crippen molar-refractivity contribution in [3.05, 3.63) is 12.2 Å². The van der Waals surface area contributed by atoms with E-state index in [1.165, 1.54) is 11.0 Å². The third kappa shape index (κ3) is 2.45. The molecule has 0 unspecified atom stereocenters. The summed E-state index contributed by atoms with van der Waals surface area (Å²) in [6.07, 6.45) is 4.41. The number of nitrogens with zero attached hydrogens (tertiary/aromatic N) is 5. The molecule has 0 aromatic carbocycles. The molecule has 0 spiro atoms. The van der Waals surface area contributed by atoms with E-state index in [9.17, 15) is 9.59 Å². The van der Waals surface area contributed by atoms with Crippen LogP contribution in [0, 0.1) is 5.92 Å². The van der Waals surface area contributed by atoms with Crippen molar-refractivity contribution in [1.82, 2.24) is 25.0 Å². The number of hydrogen-bond acceptors (Lipinski definition) is 6. The summed E-state index contributed by atoms with van der Waals surface area (Å²) in [5, 5.41) is 10.9. The highest BCUT2D eigenvalue weighted by Crippen LogP contribution is 2.28. The molecule has 122 valence electrons. The number of hydrogen-bond donors (Lipinski definition) is 1. The Morgan fingerprint density at radius 1 is 1.35 bits per heavy atom. The van der Waals surface area contributed by atoms with Crippen LogP contribution in [0.25, 0.3) is 0 Å². The third-order valence-electron chi connectivity index (χ3n) is 4.65. The van der Waals surface area contributed by atoms with Crippen molar-refractivity contribution < 1.29 is 14.4 Å². The van der Waals surface area contributed by atoms with Crippen molar-refractivity contribution in [2.24, 2.45) is 18.1 Å². The first-order valence-corrected chi connectivity index (χ1v) is 7.81. The highest BCUT2D eigenvalue weighted by atomic mass is 16.6. The van der Waals surface area contributed by atoms with Crippen molar-refractivity contribution in [2.45, 2.75) is 31.4 Å². The van der Waals surface area contributed by atoms with E-state index >= 15 is 0 Å². The molecule has 2 atom stereocenters.